The molecule has 0 spiro atoms. The number of halogens is 1. The Morgan fingerprint density at radius 3 is 2.82 bits per heavy atom. The summed E-state index contributed by atoms with van der Waals surface area (Å²) in [6, 6.07) is 3.30. The quantitative estimate of drug-likeness (QED) is 0.782. The maximum absolute atomic E-state index is 11.9. The van der Waals surface area contributed by atoms with Crippen molar-refractivity contribution in [2.75, 3.05) is 0 Å². The van der Waals surface area contributed by atoms with Crippen LogP contribution < -0.4 is 0 Å². The number of carbonyl (C=O) groups excluding carboxylic acids is 1. The highest BCUT2D eigenvalue weighted by molar-refractivity contribution is 6.30. The molecular formula is C12H12ClN3O. The van der Waals surface area contributed by atoms with Crippen LogP contribution in [0.2, 0.25) is 5.02 Å². The molecule has 0 amide bonds. The second-order valence-corrected chi connectivity index (χ2v) is 4.10. The van der Waals surface area contributed by atoms with Crippen LogP contribution in [0, 0.1) is 0 Å². The van der Waals surface area contributed by atoms with Gasteiger partial charge >= 0.3 is 0 Å². The van der Waals surface area contributed by atoms with Crippen molar-refractivity contribution < 1.29 is 4.79 Å². The van der Waals surface area contributed by atoms with Gasteiger partial charge in [-0.1, -0.05) is 11.6 Å². The zero-order valence-corrected chi connectivity index (χ0v) is 10.2. The summed E-state index contributed by atoms with van der Waals surface area (Å²) in [5.41, 5.74) is 1.33. The SMILES string of the molecule is CCn1cc(CC(=O)c2ccc(Cl)cn2)cn1. The smallest absolute Gasteiger partial charge is 0.185 e. The van der Waals surface area contributed by atoms with Gasteiger partial charge in [0.05, 0.1) is 11.2 Å². The third kappa shape index (κ3) is 2.91. The molecule has 0 saturated heterocycles. The van der Waals surface area contributed by atoms with Gasteiger partial charge in [-0.05, 0) is 24.6 Å². The predicted octanol–water partition coefficient (Wildman–Crippen LogP) is 2.38. The summed E-state index contributed by atoms with van der Waals surface area (Å²) < 4.78 is 1.79. The minimum Gasteiger partial charge on any atom is -0.292 e. The van der Waals surface area contributed by atoms with Crippen LogP contribution in [0.4, 0.5) is 0 Å². The van der Waals surface area contributed by atoms with E-state index in [-0.39, 0.29) is 5.78 Å². The van der Waals surface area contributed by atoms with Gasteiger partial charge < -0.3 is 0 Å². The topological polar surface area (TPSA) is 47.8 Å². The lowest BCUT2D eigenvalue weighted by Gasteiger charge is -1.98. The summed E-state index contributed by atoms with van der Waals surface area (Å²) in [5.74, 6) is -0.0303. The van der Waals surface area contributed by atoms with Gasteiger partial charge in [0.15, 0.2) is 5.78 Å². The molecule has 0 N–H and O–H groups in total. The van der Waals surface area contributed by atoms with Gasteiger partial charge in [-0.25, -0.2) is 0 Å². The van der Waals surface area contributed by atoms with Crippen molar-refractivity contribution in [2.24, 2.45) is 0 Å². The lowest BCUT2D eigenvalue weighted by atomic mass is 10.1. The van der Waals surface area contributed by atoms with E-state index in [1.807, 2.05) is 13.1 Å². The Morgan fingerprint density at radius 2 is 2.24 bits per heavy atom. The average molecular weight is 250 g/mol. The normalized spacial score (nSPS) is 10.5. The van der Waals surface area contributed by atoms with E-state index in [4.69, 9.17) is 11.6 Å². The summed E-state index contributed by atoms with van der Waals surface area (Å²) in [6.45, 7) is 2.80. The molecule has 17 heavy (non-hydrogen) atoms. The Balaban J connectivity index is 2.08. The van der Waals surface area contributed by atoms with Gasteiger partial charge in [-0.3, -0.25) is 14.5 Å². The largest absolute Gasteiger partial charge is 0.292 e. The summed E-state index contributed by atoms with van der Waals surface area (Å²) in [5, 5.41) is 4.65. The molecule has 0 aromatic carbocycles. The van der Waals surface area contributed by atoms with E-state index >= 15 is 0 Å². The highest BCUT2D eigenvalue weighted by Crippen LogP contribution is 2.09. The number of rotatable bonds is 4. The molecule has 2 aromatic heterocycles. The number of aromatic nitrogens is 3. The van der Waals surface area contributed by atoms with E-state index in [9.17, 15) is 4.79 Å². The molecule has 4 nitrogen and oxygen atoms in total. The molecule has 2 rings (SSSR count). The van der Waals surface area contributed by atoms with Crippen LogP contribution in [0.1, 0.15) is 23.0 Å². The van der Waals surface area contributed by atoms with E-state index < -0.39 is 0 Å². The first-order valence-corrected chi connectivity index (χ1v) is 5.73. The third-order valence-electron chi connectivity index (χ3n) is 2.39. The van der Waals surface area contributed by atoms with E-state index in [0.29, 0.717) is 17.1 Å². The molecule has 2 heterocycles. The highest BCUT2D eigenvalue weighted by Gasteiger charge is 2.09. The molecule has 0 radical (unpaired) electrons. The standard InChI is InChI=1S/C12H12ClN3O/c1-2-16-8-9(6-15-16)5-12(17)11-4-3-10(13)7-14-11/h3-4,6-8H,2,5H2,1H3. The number of nitrogens with zero attached hydrogens (tertiary/aromatic N) is 3. The van der Waals surface area contributed by atoms with Crippen LogP contribution in [0.15, 0.2) is 30.7 Å². The minimum absolute atomic E-state index is 0.0303. The number of hydrogen-bond acceptors (Lipinski definition) is 3. The maximum atomic E-state index is 11.9. The molecule has 0 bridgehead atoms. The van der Waals surface area contributed by atoms with E-state index in [0.717, 1.165) is 12.1 Å². The second-order valence-electron chi connectivity index (χ2n) is 3.67. The summed E-state index contributed by atoms with van der Waals surface area (Å²) in [7, 11) is 0. The van der Waals surface area contributed by atoms with Gasteiger partial charge in [-0.15, -0.1) is 0 Å². The average Bonchev–Trinajstić information content (AvgIpc) is 2.77. The summed E-state index contributed by atoms with van der Waals surface area (Å²) in [6.07, 6.45) is 5.37. The fourth-order valence-electron chi connectivity index (χ4n) is 1.49. The fourth-order valence-corrected chi connectivity index (χ4v) is 1.60. The molecule has 0 fully saturated rings. The molecule has 0 aliphatic carbocycles. The molecule has 0 atom stereocenters. The monoisotopic (exact) mass is 249 g/mol. The molecule has 0 aliphatic heterocycles. The fraction of sp³-hybridized carbons (Fsp3) is 0.250. The van der Waals surface area contributed by atoms with E-state index in [1.165, 1.54) is 6.20 Å². The summed E-state index contributed by atoms with van der Waals surface area (Å²) >= 11 is 5.71. The number of carbonyl (C=O) groups is 1. The van der Waals surface area contributed by atoms with Crippen LogP contribution in [-0.2, 0) is 13.0 Å². The minimum atomic E-state index is -0.0303. The Labute approximate surface area is 104 Å². The molecular weight excluding hydrogens is 238 g/mol. The van der Waals surface area contributed by atoms with Crippen molar-refractivity contribution >= 4 is 17.4 Å². The lowest BCUT2D eigenvalue weighted by molar-refractivity contribution is 0.0988. The first-order chi connectivity index (χ1) is 8.19. The first kappa shape index (κ1) is 11.8. The lowest BCUT2D eigenvalue weighted by Crippen LogP contribution is -2.05. The Kier molecular flexibility index (Phi) is 3.54. The van der Waals surface area contributed by atoms with E-state index in [1.54, 1.807) is 23.0 Å². The third-order valence-corrected chi connectivity index (χ3v) is 2.61. The maximum Gasteiger partial charge on any atom is 0.185 e. The van der Waals surface area contributed by atoms with Crippen LogP contribution in [0.3, 0.4) is 0 Å². The molecule has 88 valence electrons. The van der Waals surface area contributed by atoms with Crippen LogP contribution in [0.25, 0.3) is 0 Å². The highest BCUT2D eigenvalue weighted by atomic mass is 35.5. The van der Waals surface area contributed by atoms with Crippen molar-refractivity contribution in [3.05, 3.63) is 47.0 Å². The molecule has 2 aromatic rings. The Bertz CT molecular complexity index is 519. The van der Waals surface area contributed by atoms with Crippen molar-refractivity contribution in [2.45, 2.75) is 19.9 Å². The zero-order chi connectivity index (χ0) is 12.3. The van der Waals surface area contributed by atoms with Crippen LogP contribution >= 0.6 is 11.6 Å². The molecule has 0 unspecified atom stereocenters. The molecule has 0 saturated carbocycles. The number of pyridine rings is 1. The van der Waals surface area contributed by atoms with Crippen molar-refractivity contribution in [1.82, 2.24) is 14.8 Å². The van der Waals surface area contributed by atoms with Crippen molar-refractivity contribution in [3.8, 4) is 0 Å². The number of ketones is 1. The second kappa shape index (κ2) is 5.10. The van der Waals surface area contributed by atoms with E-state index in [2.05, 4.69) is 10.1 Å². The van der Waals surface area contributed by atoms with Crippen LogP contribution in [-0.4, -0.2) is 20.5 Å². The predicted molar refractivity (Wildman–Crippen MR) is 65.2 cm³/mol. The zero-order valence-electron chi connectivity index (χ0n) is 9.43. The number of hydrogen-bond donors (Lipinski definition) is 0. The molecule has 0 aliphatic rings. The number of Topliss-reactive ketones (excluding diaryl/α,β-unsaturated/α-hetero) is 1. The van der Waals surface area contributed by atoms with Gasteiger partial charge in [0.25, 0.3) is 0 Å². The van der Waals surface area contributed by atoms with Gasteiger partial charge in [-0.2, -0.15) is 5.10 Å². The van der Waals surface area contributed by atoms with Gasteiger partial charge in [0, 0.05) is 25.4 Å². The van der Waals surface area contributed by atoms with Gasteiger partial charge in [0.1, 0.15) is 5.69 Å². The summed E-state index contributed by atoms with van der Waals surface area (Å²) in [4.78, 5) is 15.9. The van der Waals surface area contributed by atoms with Gasteiger partial charge in [0.2, 0.25) is 0 Å². The van der Waals surface area contributed by atoms with Crippen molar-refractivity contribution in [3.63, 3.8) is 0 Å². The Hall–Kier alpha value is -1.68. The van der Waals surface area contributed by atoms with Crippen molar-refractivity contribution in [1.29, 1.82) is 0 Å². The number of aryl methyl sites for hydroxylation is 1. The first-order valence-electron chi connectivity index (χ1n) is 5.35. The molecule has 5 heteroatoms. The van der Waals surface area contributed by atoms with Crippen LogP contribution in [0.5, 0.6) is 0 Å². The Morgan fingerprint density at radius 1 is 1.41 bits per heavy atom.